The summed E-state index contributed by atoms with van der Waals surface area (Å²) in [4.78, 5) is 14.7. The third-order valence-electron chi connectivity index (χ3n) is 2.57. The van der Waals surface area contributed by atoms with Crippen LogP contribution in [0.3, 0.4) is 0 Å². The molecule has 0 unspecified atom stereocenters. The molecular weight excluding hydrogens is 274 g/mol. The molecule has 8 nitrogen and oxygen atoms in total. The monoisotopic (exact) mass is 287 g/mol. The number of aromatic carboxylic acids is 1. The summed E-state index contributed by atoms with van der Waals surface area (Å²) in [7, 11) is -3.81. The molecule has 2 heterocycles. The minimum atomic E-state index is -3.81. The molecule has 0 bridgehead atoms. The first-order valence-corrected chi connectivity index (χ1v) is 6.98. The van der Waals surface area contributed by atoms with E-state index in [9.17, 15) is 13.2 Å². The van der Waals surface area contributed by atoms with Gasteiger partial charge in [0.25, 0.3) is 0 Å². The van der Waals surface area contributed by atoms with E-state index in [1.54, 1.807) is 0 Å². The Morgan fingerprint density at radius 3 is 2.74 bits per heavy atom. The Labute approximate surface area is 110 Å². The lowest BCUT2D eigenvalue weighted by atomic mass is 10.3. The van der Waals surface area contributed by atoms with Crippen molar-refractivity contribution in [3.05, 3.63) is 23.9 Å². The topological polar surface area (TPSA) is 109 Å². The van der Waals surface area contributed by atoms with Crippen LogP contribution in [-0.2, 0) is 14.9 Å². The van der Waals surface area contributed by atoms with Crippen LogP contribution in [0.25, 0.3) is 0 Å². The predicted molar refractivity (Wildman–Crippen MR) is 66.1 cm³/mol. The fourth-order valence-electron chi connectivity index (χ4n) is 1.63. The summed E-state index contributed by atoms with van der Waals surface area (Å²) in [5.41, 5.74) is -0.195. The molecule has 2 rings (SSSR count). The van der Waals surface area contributed by atoms with Crippen LogP contribution in [0.1, 0.15) is 10.4 Å². The number of carbonyl (C=O) groups is 1. The van der Waals surface area contributed by atoms with Crippen LogP contribution in [-0.4, -0.2) is 55.1 Å². The smallest absolute Gasteiger partial charge is 0.339 e. The molecule has 19 heavy (non-hydrogen) atoms. The highest BCUT2D eigenvalue weighted by molar-refractivity contribution is 7.90. The van der Waals surface area contributed by atoms with Gasteiger partial charge in [-0.2, -0.15) is 12.7 Å². The normalized spacial score (nSPS) is 17.1. The van der Waals surface area contributed by atoms with Gasteiger partial charge in [0.15, 0.2) is 5.82 Å². The van der Waals surface area contributed by atoms with Gasteiger partial charge in [-0.05, 0) is 12.1 Å². The Bertz CT molecular complexity index is 568. The molecule has 0 radical (unpaired) electrons. The second-order valence-corrected chi connectivity index (χ2v) is 5.49. The van der Waals surface area contributed by atoms with E-state index < -0.39 is 16.2 Å². The van der Waals surface area contributed by atoms with Crippen molar-refractivity contribution in [2.24, 2.45) is 0 Å². The number of ether oxygens (including phenoxy) is 1. The first-order chi connectivity index (χ1) is 9.00. The molecule has 0 aliphatic carbocycles. The second kappa shape index (κ2) is 5.51. The zero-order valence-electron chi connectivity index (χ0n) is 9.94. The number of aromatic nitrogens is 1. The molecule has 1 saturated heterocycles. The summed E-state index contributed by atoms with van der Waals surface area (Å²) < 4.78 is 32.6. The van der Waals surface area contributed by atoms with Crippen molar-refractivity contribution < 1.29 is 23.1 Å². The van der Waals surface area contributed by atoms with Crippen molar-refractivity contribution in [1.29, 1.82) is 0 Å². The van der Waals surface area contributed by atoms with Gasteiger partial charge in [0, 0.05) is 19.3 Å². The first kappa shape index (κ1) is 13.7. The van der Waals surface area contributed by atoms with Gasteiger partial charge in [-0.15, -0.1) is 0 Å². The van der Waals surface area contributed by atoms with Gasteiger partial charge in [-0.1, -0.05) is 0 Å². The predicted octanol–water partition coefficient (Wildman–Crippen LogP) is -0.231. The SMILES string of the molecule is O=C(O)c1cccnc1NS(=O)(=O)N1CCOCC1. The fraction of sp³-hybridized carbons (Fsp3) is 0.400. The third-order valence-corrected chi connectivity index (χ3v) is 4.07. The van der Waals surface area contributed by atoms with E-state index in [0.29, 0.717) is 13.2 Å². The molecule has 1 aliphatic rings. The molecule has 0 amide bonds. The molecule has 1 aliphatic heterocycles. The lowest BCUT2D eigenvalue weighted by molar-refractivity contribution is 0.0697. The van der Waals surface area contributed by atoms with Crippen molar-refractivity contribution in [2.45, 2.75) is 0 Å². The van der Waals surface area contributed by atoms with Crippen molar-refractivity contribution >= 4 is 22.0 Å². The van der Waals surface area contributed by atoms with E-state index in [0.717, 1.165) is 0 Å². The van der Waals surface area contributed by atoms with Gasteiger partial charge in [0.1, 0.15) is 5.56 Å². The number of carboxylic acids is 1. The zero-order valence-corrected chi connectivity index (χ0v) is 10.8. The van der Waals surface area contributed by atoms with Crippen LogP contribution in [0.15, 0.2) is 18.3 Å². The maximum atomic E-state index is 12.1. The Kier molecular flexibility index (Phi) is 3.98. The Hall–Kier alpha value is -1.71. The average Bonchev–Trinajstić information content (AvgIpc) is 2.39. The summed E-state index contributed by atoms with van der Waals surface area (Å²) in [6.07, 6.45) is 1.32. The maximum Gasteiger partial charge on any atom is 0.339 e. The quantitative estimate of drug-likeness (QED) is 0.791. The Morgan fingerprint density at radius 1 is 1.42 bits per heavy atom. The van der Waals surface area contributed by atoms with Gasteiger partial charge in [-0.25, -0.2) is 9.78 Å². The summed E-state index contributed by atoms with van der Waals surface area (Å²) in [5.74, 6) is -1.44. The number of nitrogens with zero attached hydrogens (tertiary/aromatic N) is 2. The van der Waals surface area contributed by atoms with Crippen LogP contribution in [0, 0.1) is 0 Å². The Morgan fingerprint density at radius 2 is 2.11 bits per heavy atom. The second-order valence-electron chi connectivity index (χ2n) is 3.82. The van der Waals surface area contributed by atoms with Gasteiger partial charge >= 0.3 is 16.2 Å². The molecule has 1 aromatic heterocycles. The molecular formula is C10H13N3O5S. The van der Waals surface area contributed by atoms with Crippen LogP contribution >= 0.6 is 0 Å². The van der Waals surface area contributed by atoms with Crippen molar-refractivity contribution in [2.75, 3.05) is 31.0 Å². The third kappa shape index (κ3) is 3.19. The lowest BCUT2D eigenvalue weighted by Gasteiger charge is -2.26. The molecule has 1 fully saturated rings. The molecule has 1 aromatic rings. The zero-order chi connectivity index (χ0) is 13.9. The highest BCUT2D eigenvalue weighted by Gasteiger charge is 2.26. The number of carboxylic acid groups (broad SMARTS) is 1. The van der Waals surface area contributed by atoms with Crippen LogP contribution in [0.5, 0.6) is 0 Å². The van der Waals surface area contributed by atoms with E-state index in [-0.39, 0.29) is 24.5 Å². The van der Waals surface area contributed by atoms with Crippen LogP contribution in [0.2, 0.25) is 0 Å². The number of rotatable bonds is 4. The summed E-state index contributed by atoms with van der Waals surface area (Å²) in [5, 5.41) is 8.96. The van der Waals surface area contributed by atoms with Crippen molar-refractivity contribution in [3.63, 3.8) is 0 Å². The van der Waals surface area contributed by atoms with Gasteiger partial charge in [0.05, 0.1) is 13.2 Å². The fourth-order valence-corrected chi connectivity index (χ4v) is 2.80. The average molecular weight is 287 g/mol. The molecule has 0 saturated carbocycles. The molecule has 104 valence electrons. The molecule has 0 spiro atoms. The minimum absolute atomic E-state index is 0.193. The van der Waals surface area contributed by atoms with Crippen LogP contribution in [0.4, 0.5) is 5.82 Å². The largest absolute Gasteiger partial charge is 0.478 e. The Balaban J connectivity index is 2.22. The van der Waals surface area contributed by atoms with Gasteiger partial charge in [0.2, 0.25) is 0 Å². The van der Waals surface area contributed by atoms with Crippen molar-refractivity contribution in [1.82, 2.24) is 9.29 Å². The number of pyridine rings is 1. The van der Waals surface area contributed by atoms with Crippen molar-refractivity contribution in [3.8, 4) is 0 Å². The first-order valence-electron chi connectivity index (χ1n) is 5.54. The number of hydrogen-bond donors (Lipinski definition) is 2. The van der Waals surface area contributed by atoms with E-state index in [2.05, 4.69) is 9.71 Å². The van der Waals surface area contributed by atoms with Crippen LogP contribution < -0.4 is 4.72 Å². The maximum absolute atomic E-state index is 12.1. The van der Waals surface area contributed by atoms with E-state index in [1.165, 1.54) is 22.6 Å². The number of hydrogen-bond acceptors (Lipinski definition) is 5. The van der Waals surface area contributed by atoms with E-state index in [4.69, 9.17) is 9.84 Å². The molecule has 0 aromatic carbocycles. The highest BCUT2D eigenvalue weighted by atomic mass is 32.2. The lowest BCUT2D eigenvalue weighted by Crippen LogP contribution is -2.43. The van der Waals surface area contributed by atoms with E-state index in [1.807, 2.05) is 0 Å². The summed E-state index contributed by atoms with van der Waals surface area (Å²) >= 11 is 0. The standard InChI is InChI=1S/C10H13N3O5S/c14-10(15)8-2-1-3-11-9(8)12-19(16,17)13-4-6-18-7-5-13/h1-3H,4-7H2,(H,11,12)(H,14,15). The van der Waals surface area contributed by atoms with Gasteiger partial charge in [-0.3, -0.25) is 4.72 Å². The number of anilines is 1. The highest BCUT2D eigenvalue weighted by Crippen LogP contribution is 2.15. The molecule has 0 atom stereocenters. The summed E-state index contributed by atoms with van der Waals surface area (Å²) in [6, 6.07) is 2.71. The minimum Gasteiger partial charge on any atom is -0.478 e. The summed E-state index contributed by atoms with van der Waals surface area (Å²) in [6.45, 7) is 1.08. The number of nitrogens with one attached hydrogen (secondary N) is 1. The molecule has 2 N–H and O–H groups in total. The van der Waals surface area contributed by atoms with E-state index >= 15 is 0 Å². The van der Waals surface area contributed by atoms with Gasteiger partial charge < -0.3 is 9.84 Å². The molecule has 9 heteroatoms. The number of morpholine rings is 1.